The van der Waals surface area contributed by atoms with E-state index < -0.39 is 0 Å². The third kappa shape index (κ3) is 5.14. The van der Waals surface area contributed by atoms with Crippen molar-refractivity contribution in [3.63, 3.8) is 0 Å². The van der Waals surface area contributed by atoms with Crippen molar-refractivity contribution in [1.82, 2.24) is 19.5 Å². The van der Waals surface area contributed by atoms with E-state index in [1.54, 1.807) is 0 Å². The van der Waals surface area contributed by atoms with Gasteiger partial charge in [0.25, 0.3) is 0 Å². The van der Waals surface area contributed by atoms with Crippen LogP contribution in [-0.2, 0) is 0 Å². The zero-order valence-electron chi connectivity index (χ0n) is 31.2. The maximum atomic E-state index is 6.53. The Morgan fingerprint density at radius 3 is 1.84 bits per heavy atom. The fourth-order valence-electron chi connectivity index (χ4n) is 8.67. The highest BCUT2D eigenvalue weighted by Crippen LogP contribution is 2.40. The lowest BCUT2D eigenvalue weighted by Gasteiger charge is -2.13. The van der Waals surface area contributed by atoms with Gasteiger partial charge < -0.3 is 4.42 Å². The molecule has 0 unspecified atom stereocenters. The van der Waals surface area contributed by atoms with E-state index >= 15 is 0 Å². The Morgan fingerprint density at radius 2 is 1.00 bits per heavy atom. The predicted octanol–water partition coefficient (Wildman–Crippen LogP) is 13.8. The van der Waals surface area contributed by atoms with Crippen molar-refractivity contribution in [2.75, 3.05) is 0 Å². The molecular formula is C53H32N4O. The van der Waals surface area contributed by atoms with E-state index in [2.05, 4.69) is 180 Å². The molecule has 0 fully saturated rings. The maximum absolute atomic E-state index is 6.53. The lowest BCUT2D eigenvalue weighted by Crippen LogP contribution is -2.06. The van der Waals surface area contributed by atoms with E-state index in [0.29, 0.717) is 17.6 Å². The van der Waals surface area contributed by atoms with Crippen molar-refractivity contribution in [2.45, 2.75) is 0 Å². The first-order valence-corrected chi connectivity index (χ1v) is 19.5. The largest absolute Gasteiger partial charge is 0.456 e. The first-order chi connectivity index (χ1) is 28.7. The molecule has 270 valence electrons. The SMILES string of the molecule is c1ccc(-c2ccc(-c3cccc(-c4nc(-c5cccc6oc7cc8ccccc8cc7c56)nc(-n5c6ccccc6c6ccc7ccccc7c65)n4)c3)cc2)cc1. The number of hydrogen-bond donors (Lipinski definition) is 0. The third-order valence-corrected chi connectivity index (χ3v) is 11.4. The highest BCUT2D eigenvalue weighted by Gasteiger charge is 2.22. The zero-order valence-corrected chi connectivity index (χ0v) is 31.2. The smallest absolute Gasteiger partial charge is 0.238 e. The zero-order chi connectivity index (χ0) is 38.2. The molecule has 0 aliphatic rings. The van der Waals surface area contributed by atoms with Crippen LogP contribution in [0.15, 0.2) is 199 Å². The number of hydrogen-bond acceptors (Lipinski definition) is 4. The minimum Gasteiger partial charge on any atom is -0.456 e. The van der Waals surface area contributed by atoms with Gasteiger partial charge in [-0.25, -0.2) is 4.98 Å². The van der Waals surface area contributed by atoms with Gasteiger partial charge in [-0.15, -0.1) is 0 Å². The number of nitrogens with zero attached hydrogens (tertiary/aromatic N) is 4. The number of para-hydroxylation sites is 1. The van der Waals surface area contributed by atoms with Crippen LogP contribution >= 0.6 is 0 Å². The van der Waals surface area contributed by atoms with Crippen molar-refractivity contribution in [2.24, 2.45) is 0 Å². The fourth-order valence-corrected chi connectivity index (χ4v) is 8.67. The number of rotatable bonds is 5. The molecule has 0 saturated heterocycles. The van der Waals surface area contributed by atoms with Crippen LogP contribution in [0.5, 0.6) is 0 Å². The molecule has 58 heavy (non-hydrogen) atoms. The van der Waals surface area contributed by atoms with Gasteiger partial charge in [0.1, 0.15) is 11.2 Å². The van der Waals surface area contributed by atoms with Crippen LogP contribution in [0.1, 0.15) is 0 Å². The number of fused-ring (bicyclic) bond motifs is 9. The maximum Gasteiger partial charge on any atom is 0.238 e. The summed E-state index contributed by atoms with van der Waals surface area (Å²) < 4.78 is 8.75. The van der Waals surface area contributed by atoms with Gasteiger partial charge in [-0.2, -0.15) is 9.97 Å². The molecular weight excluding hydrogens is 709 g/mol. The lowest BCUT2D eigenvalue weighted by molar-refractivity contribution is 0.669. The van der Waals surface area contributed by atoms with Crippen LogP contribution in [0, 0.1) is 0 Å². The average Bonchev–Trinajstić information content (AvgIpc) is 3.84. The summed E-state index contributed by atoms with van der Waals surface area (Å²) in [4.78, 5) is 16.1. The monoisotopic (exact) mass is 740 g/mol. The molecule has 5 nitrogen and oxygen atoms in total. The fraction of sp³-hybridized carbons (Fsp3) is 0. The number of furan rings is 1. The number of aromatic nitrogens is 4. The molecule has 0 spiro atoms. The van der Waals surface area contributed by atoms with Crippen molar-refractivity contribution < 1.29 is 4.42 Å². The van der Waals surface area contributed by atoms with Gasteiger partial charge in [-0.3, -0.25) is 4.57 Å². The van der Waals surface area contributed by atoms with Crippen molar-refractivity contribution >= 4 is 65.3 Å². The molecule has 0 radical (unpaired) electrons. The Morgan fingerprint density at radius 1 is 0.362 bits per heavy atom. The molecule has 0 aliphatic carbocycles. The molecule has 9 aromatic carbocycles. The van der Waals surface area contributed by atoms with Crippen molar-refractivity contribution in [3.8, 4) is 51.0 Å². The van der Waals surface area contributed by atoms with Gasteiger partial charge >= 0.3 is 0 Å². The van der Waals surface area contributed by atoms with Gasteiger partial charge in [0.15, 0.2) is 11.6 Å². The van der Waals surface area contributed by atoms with Gasteiger partial charge in [0, 0.05) is 38.1 Å². The Labute approximate surface area is 333 Å². The quantitative estimate of drug-likeness (QED) is 0.176. The summed E-state index contributed by atoms with van der Waals surface area (Å²) in [6.45, 7) is 0. The topological polar surface area (TPSA) is 56.7 Å². The molecule has 12 rings (SSSR count). The highest BCUT2D eigenvalue weighted by atomic mass is 16.3. The summed E-state index contributed by atoms with van der Waals surface area (Å²) in [5.41, 5.74) is 10.1. The minimum absolute atomic E-state index is 0.551. The van der Waals surface area contributed by atoms with Crippen LogP contribution in [-0.4, -0.2) is 19.5 Å². The summed E-state index contributed by atoms with van der Waals surface area (Å²) >= 11 is 0. The van der Waals surface area contributed by atoms with E-state index in [-0.39, 0.29) is 0 Å². The molecule has 0 atom stereocenters. The van der Waals surface area contributed by atoms with Crippen LogP contribution in [0.25, 0.3) is 116 Å². The summed E-state index contributed by atoms with van der Waals surface area (Å²) in [5, 5.41) is 8.86. The Balaban J connectivity index is 1.11. The summed E-state index contributed by atoms with van der Waals surface area (Å²) in [6.07, 6.45) is 0. The Kier molecular flexibility index (Phi) is 7.16. The standard InChI is InChI=1S/C53H32N4O/c1-2-12-33(13-3-1)34-24-26-35(27-25-34)37-17-10-18-40(30-37)51-54-52(44-21-11-23-47-49(44)45-31-38-15-4-5-16-39(38)32-48(45)58-47)56-53(55-51)57-46-22-9-8-20-42(46)43-29-28-36-14-6-7-19-41(36)50(43)57/h1-32H. The van der Waals surface area contributed by atoms with E-state index in [1.807, 2.05) is 18.2 Å². The second-order valence-corrected chi connectivity index (χ2v) is 14.8. The highest BCUT2D eigenvalue weighted by molar-refractivity contribution is 6.19. The normalized spacial score (nSPS) is 11.8. The van der Waals surface area contributed by atoms with Crippen LogP contribution < -0.4 is 0 Å². The van der Waals surface area contributed by atoms with E-state index in [1.165, 1.54) is 11.1 Å². The van der Waals surface area contributed by atoms with Crippen LogP contribution in [0.4, 0.5) is 0 Å². The number of benzene rings is 9. The first-order valence-electron chi connectivity index (χ1n) is 19.5. The molecule has 12 aromatic rings. The Hall–Kier alpha value is -7.89. The van der Waals surface area contributed by atoms with Gasteiger partial charge in [-0.1, -0.05) is 164 Å². The Bertz CT molecular complexity index is 3560. The van der Waals surface area contributed by atoms with Gasteiger partial charge in [0.05, 0.1) is 11.0 Å². The lowest BCUT2D eigenvalue weighted by atomic mass is 9.99. The minimum atomic E-state index is 0.551. The molecule has 0 aliphatic heterocycles. The molecule has 0 bridgehead atoms. The molecule has 3 aromatic heterocycles. The second-order valence-electron chi connectivity index (χ2n) is 14.8. The third-order valence-electron chi connectivity index (χ3n) is 11.4. The first kappa shape index (κ1) is 32.4. The van der Waals surface area contributed by atoms with Gasteiger partial charge in [0.2, 0.25) is 5.95 Å². The molecule has 3 heterocycles. The van der Waals surface area contributed by atoms with E-state index in [9.17, 15) is 0 Å². The van der Waals surface area contributed by atoms with E-state index in [4.69, 9.17) is 19.4 Å². The molecule has 0 saturated carbocycles. The van der Waals surface area contributed by atoms with Crippen LogP contribution in [0.2, 0.25) is 0 Å². The summed E-state index contributed by atoms with van der Waals surface area (Å²) in [6, 6.07) is 68.0. The van der Waals surface area contributed by atoms with Gasteiger partial charge in [-0.05, 0) is 68.7 Å². The molecule has 0 N–H and O–H groups in total. The van der Waals surface area contributed by atoms with E-state index in [0.717, 1.165) is 87.5 Å². The second kappa shape index (κ2) is 12.8. The van der Waals surface area contributed by atoms with Crippen LogP contribution in [0.3, 0.4) is 0 Å². The van der Waals surface area contributed by atoms with Crippen molar-refractivity contribution in [1.29, 1.82) is 0 Å². The molecule has 5 heteroatoms. The predicted molar refractivity (Wildman–Crippen MR) is 238 cm³/mol. The molecule has 0 amide bonds. The summed E-state index contributed by atoms with van der Waals surface area (Å²) in [7, 11) is 0. The summed E-state index contributed by atoms with van der Waals surface area (Å²) in [5.74, 6) is 1.71. The average molecular weight is 741 g/mol. The van der Waals surface area contributed by atoms with Crippen molar-refractivity contribution in [3.05, 3.63) is 194 Å².